The number of nitrogens with zero attached hydrogens (tertiary/aromatic N) is 2. The topological polar surface area (TPSA) is 68.1 Å². The van der Waals surface area contributed by atoms with E-state index >= 15 is 0 Å². The van der Waals surface area contributed by atoms with E-state index in [0.717, 1.165) is 0 Å². The van der Waals surface area contributed by atoms with E-state index in [1.54, 1.807) is 30.5 Å². The van der Waals surface area contributed by atoms with Crippen LogP contribution in [0.25, 0.3) is 10.9 Å². The summed E-state index contributed by atoms with van der Waals surface area (Å²) in [6.07, 6.45) is 7.35. The predicted octanol–water partition coefficient (Wildman–Crippen LogP) is 2.97. The minimum atomic E-state index is -0.394. The highest BCUT2D eigenvalue weighted by Gasteiger charge is 2.19. The molecule has 5 heteroatoms. The van der Waals surface area contributed by atoms with E-state index in [0.29, 0.717) is 23.0 Å². The van der Waals surface area contributed by atoms with Gasteiger partial charge in [-0.2, -0.15) is 0 Å². The molecule has 0 radical (unpaired) electrons. The highest BCUT2D eigenvalue weighted by atomic mass is 16.6. The van der Waals surface area contributed by atoms with Crippen molar-refractivity contribution in [1.29, 1.82) is 0 Å². The van der Waals surface area contributed by atoms with Crippen LogP contribution in [-0.2, 0) is 0 Å². The first-order valence-corrected chi connectivity index (χ1v) is 5.85. The van der Waals surface area contributed by atoms with Crippen LogP contribution in [0, 0.1) is 22.5 Å². The van der Waals surface area contributed by atoms with Gasteiger partial charge in [-0.25, -0.2) is 0 Å². The molecule has 0 spiro atoms. The molecular formula is C14H13N3O2. The molecule has 0 bridgehead atoms. The van der Waals surface area contributed by atoms with Crippen LogP contribution in [0.1, 0.15) is 13.3 Å². The normalized spacial score (nSPS) is 11.8. The Labute approximate surface area is 110 Å². The third kappa shape index (κ3) is 2.63. The maximum Gasteiger partial charge on any atom is 0.301 e. The molecule has 2 rings (SSSR count). The van der Waals surface area contributed by atoms with Gasteiger partial charge in [-0.1, -0.05) is 0 Å². The van der Waals surface area contributed by atoms with Gasteiger partial charge in [-0.15, -0.1) is 12.3 Å². The van der Waals surface area contributed by atoms with Crippen molar-refractivity contribution in [3.63, 3.8) is 0 Å². The number of fused-ring (bicyclic) bond motifs is 1. The Morgan fingerprint density at radius 2 is 2.32 bits per heavy atom. The fraction of sp³-hybridized carbons (Fsp3) is 0.214. The number of hydrogen-bond acceptors (Lipinski definition) is 4. The van der Waals surface area contributed by atoms with E-state index in [2.05, 4.69) is 16.2 Å². The first-order valence-electron chi connectivity index (χ1n) is 5.85. The molecule has 19 heavy (non-hydrogen) atoms. The SMILES string of the molecule is C#CCC(C)Nc1ccc2ncccc2c1[N+](=O)[O-]. The summed E-state index contributed by atoms with van der Waals surface area (Å²) in [4.78, 5) is 15.0. The molecule has 0 aliphatic rings. The molecule has 2 aromatic rings. The Morgan fingerprint density at radius 1 is 1.53 bits per heavy atom. The smallest absolute Gasteiger partial charge is 0.301 e. The van der Waals surface area contributed by atoms with Gasteiger partial charge in [0.15, 0.2) is 0 Å². The number of nitrogens with one attached hydrogen (secondary N) is 1. The monoisotopic (exact) mass is 255 g/mol. The second-order valence-corrected chi connectivity index (χ2v) is 4.24. The lowest BCUT2D eigenvalue weighted by atomic mass is 10.1. The molecule has 96 valence electrons. The first-order chi connectivity index (χ1) is 9.13. The van der Waals surface area contributed by atoms with E-state index < -0.39 is 4.92 Å². The van der Waals surface area contributed by atoms with Crippen LogP contribution in [-0.4, -0.2) is 15.9 Å². The van der Waals surface area contributed by atoms with Gasteiger partial charge in [-0.05, 0) is 31.2 Å². The van der Waals surface area contributed by atoms with Crippen LogP contribution in [0.5, 0.6) is 0 Å². The van der Waals surface area contributed by atoms with Gasteiger partial charge in [0.25, 0.3) is 0 Å². The van der Waals surface area contributed by atoms with Gasteiger partial charge < -0.3 is 5.32 Å². The van der Waals surface area contributed by atoms with Gasteiger partial charge in [-0.3, -0.25) is 15.1 Å². The molecular weight excluding hydrogens is 242 g/mol. The number of nitro groups is 1. The minimum Gasteiger partial charge on any atom is -0.376 e. The second kappa shape index (κ2) is 5.36. The zero-order valence-corrected chi connectivity index (χ0v) is 10.5. The number of rotatable bonds is 4. The summed E-state index contributed by atoms with van der Waals surface area (Å²) in [6.45, 7) is 1.89. The average molecular weight is 255 g/mol. The van der Waals surface area contributed by atoms with Crippen molar-refractivity contribution in [1.82, 2.24) is 4.98 Å². The van der Waals surface area contributed by atoms with Crippen LogP contribution in [0.15, 0.2) is 30.5 Å². The van der Waals surface area contributed by atoms with Crippen molar-refractivity contribution in [2.75, 3.05) is 5.32 Å². The van der Waals surface area contributed by atoms with Crippen molar-refractivity contribution >= 4 is 22.3 Å². The largest absolute Gasteiger partial charge is 0.376 e. The summed E-state index contributed by atoms with van der Waals surface area (Å²) < 4.78 is 0. The molecule has 1 unspecified atom stereocenters. The Bertz CT molecular complexity index is 661. The zero-order valence-electron chi connectivity index (χ0n) is 10.5. The highest BCUT2D eigenvalue weighted by Crippen LogP contribution is 2.32. The number of terminal acetylenes is 1. The summed E-state index contributed by atoms with van der Waals surface area (Å²) in [7, 11) is 0. The number of hydrogen-bond donors (Lipinski definition) is 1. The molecule has 0 saturated heterocycles. The van der Waals surface area contributed by atoms with Crippen molar-refractivity contribution in [3.05, 3.63) is 40.6 Å². The molecule has 0 amide bonds. The van der Waals surface area contributed by atoms with Crippen molar-refractivity contribution in [2.45, 2.75) is 19.4 Å². The van der Waals surface area contributed by atoms with Crippen LogP contribution in [0.3, 0.4) is 0 Å². The first kappa shape index (κ1) is 12.8. The molecule has 0 aliphatic carbocycles. The third-order valence-electron chi connectivity index (χ3n) is 2.77. The number of aromatic nitrogens is 1. The van der Waals surface area contributed by atoms with Crippen LogP contribution in [0.4, 0.5) is 11.4 Å². The molecule has 1 atom stereocenters. The quantitative estimate of drug-likeness (QED) is 0.518. The summed E-state index contributed by atoms with van der Waals surface area (Å²) in [5.41, 5.74) is 1.10. The maximum atomic E-state index is 11.3. The molecule has 1 aromatic heterocycles. The zero-order chi connectivity index (χ0) is 13.8. The lowest BCUT2D eigenvalue weighted by Crippen LogP contribution is -2.15. The Morgan fingerprint density at radius 3 is 3.00 bits per heavy atom. The Hall–Kier alpha value is -2.61. The Balaban J connectivity index is 2.52. The number of anilines is 1. The summed E-state index contributed by atoms with van der Waals surface area (Å²) in [5.74, 6) is 2.53. The molecule has 5 nitrogen and oxygen atoms in total. The molecule has 1 N–H and O–H groups in total. The van der Waals surface area contributed by atoms with Gasteiger partial charge in [0.2, 0.25) is 0 Å². The Kier molecular flexibility index (Phi) is 3.62. The highest BCUT2D eigenvalue weighted by molar-refractivity contribution is 5.94. The predicted molar refractivity (Wildman–Crippen MR) is 74.9 cm³/mol. The number of benzene rings is 1. The number of pyridine rings is 1. The van der Waals surface area contributed by atoms with E-state index in [9.17, 15) is 10.1 Å². The van der Waals surface area contributed by atoms with E-state index in [4.69, 9.17) is 6.42 Å². The fourth-order valence-corrected chi connectivity index (χ4v) is 1.94. The average Bonchev–Trinajstić information content (AvgIpc) is 2.38. The van der Waals surface area contributed by atoms with Crippen LogP contribution >= 0.6 is 0 Å². The van der Waals surface area contributed by atoms with Crippen LogP contribution in [0.2, 0.25) is 0 Å². The van der Waals surface area contributed by atoms with Crippen LogP contribution < -0.4 is 5.32 Å². The molecule has 1 heterocycles. The van der Waals surface area contributed by atoms with E-state index in [1.165, 1.54) is 0 Å². The van der Waals surface area contributed by atoms with E-state index in [1.807, 2.05) is 6.92 Å². The molecule has 0 aliphatic heterocycles. The molecule has 0 fully saturated rings. The lowest BCUT2D eigenvalue weighted by Gasteiger charge is -2.13. The second-order valence-electron chi connectivity index (χ2n) is 4.24. The van der Waals surface area contributed by atoms with Crippen molar-refractivity contribution in [3.8, 4) is 12.3 Å². The summed E-state index contributed by atoms with van der Waals surface area (Å²) in [6, 6.07) is 6.77. The standard InChI is InChI=1S/C14H13N3O2/c1-3-5-10(2)16-13-8-7-12-11(6-4-9-15-12)14(13)17(18)19/h1,4,6-10,16H,5H2,2H3. The fourth-order valence-electron chi connectivity index (χ4n) is 1.94. The van der Waals surface area contributed by atoms with Gasteiger partial charge >= 0.3 is 5.69 Å². The maximum absolute atomic E-state index is 11.3. The lowest BCUT2D eigenvalue weighted by molar-refractivity contribution is -0.382. The summed E-state index contributed by atoms with van der Waals surface area (Å²) in [5, 5.41) is 14.9. The van der Waals surface area contributed by atoms with E-state index in [-0.39, 0.29) is 11.7 Å². The third-order valence-corrected chi connectivity index (χ3v) is 2.77. The summed E-state index contributed by atoms with van der Waals surface area (Å²) >= 11 is 0. The van der Waals surface area contributed by atoms with Gasteiger partial charge in [0.1, 0.15) is 5.69 Å². The van der Waals surface area contributed by atoms with Crippen molar-refractivity contribution < 1.29 is 4.92 Å². The molecule has 1 aromatic carbocycles. The van der Waals surface area contributed by atoms with Gasteiger partial charge in [0.05, 0.1) is 15.8 Å². The van der Waals surface area contributed by atoms with Crippen molar-refractivity contribution in [2.24, 2.45) is 0 Å². The van der Waals surface area contributed by atoms with Gasteiger partial charge in [0, 0.05) is 18.7 Å². The minimum absolute atomic E-state index is 0.0298. The number of nitro benzene ring substituents is 1. The molecule has 0 saturated carbocycles.